The number of esters is 1. The van der Waals surface area contributed by atoms with Crippen molar-refractivity contribution in [2.75, 3.05) is 29.3 Å². The predicted molar refractivity (Wildman–Crippen MR) is 108 cm³/mol. The number of rotatable bonds is 2. The van der Waals surface area contributed by atoms with Gasteiger partial charge >= 0.3 is 12.1 Å². The van der Waals surface area contributed by atoms with E-state index in [1.807, 2.05) is 19.1 Å². The number of carbonyl (C=O) groups is 1. The number of benzene rings is 2. The van der Waals surface area contributed by atoms with Gasteiger partial charge in [0.1, 0.15) is 11.4 Å². The van der Waals surface area contributed by atoms with Crippen LogP contribution in [0.3, 0.4) is 0 Å². The van der Waals surface area contributed by atoms with Crippen LogP contribution in [-0.4, -0.2) is 38.3 Å². The number of alkyl halides is 3. The van der Waals surface area contributed by atoms with Gasteiger partial charge in [0.15, 0.2) is 6.04 Å². The molecule has 6 nitrogen and oxygen atoms in total. The summed E-state index contributed by atoms with van der Waals surface area (Å²) in [6.45, 7) is 1.91. The fourth-order valence-electron chi connectivity index (χ4n) is 3.60. The van der Waals surface area contributed by atoms with Crippen LogP contribution < -0.4 is 15.1 Å². The van der Waals surface area contributed by atoms with Crippen molar-refractivity contribution >= 4 is 29.0 Å². The number of halogens is 3. The molecule has 156 valence electrons. The van der Waals surface area contributed by atoms with Gasteiger partial charge in [0.2, 0.25) is 5.96 Å². The van der Waals surface area contributed by atoms with Gasteiger partial charge in [-0.2, -0.15) is 13.2 Å². The zero-order valence-corrected chi connectivity index (χ0v) is 16.5. The van der Waals surface area contributed by atoms with Crippen molar-refractivity contribution < 1.29 is 22.7 Å². The molecule has 1 N–H and O–H groups in total. The van der Waals surface area contributed by atoms with Crippen LogP contribution in [0.2, 0.25) is 0 Å². The van der Waals surface area contributed by atoms with E-state index >= 15 is 0 Å². The van der Waals surface area contributed by atoms with Gasteiger partial charge in [0.05, 0.1) is 18.5 Å². The van der Waals surface area contributed by atoms with Crippen LogP contribution >= 0.6 is 0 Å². The maximum Gasteiger partial charge on any atom is 0.415 e. The van der Waals surface area contributed by atoms with Crippen LogP contribution in [0.4, 0.5) is 30.2 Å². The highest BCUT2D eigenvalue weighted by Gasteiger charge is 2.52. The van der Waals surface area contributed by atoms with Gasteiger partial charge in [0, 0.05) is 12.7 Å². The van der Waals surface area contributed by atoms with Crippen LogP contribution in [0.25, 0.3) is 0 Å². The molecule has 2 aromatic carbocycles. The van der Waals surface area contributed by atoms with E-state index in [1.54, 1.807) is 48.3 Å². The Morgan fingerprint density at radius 3 is 2.33 bits per heavy atom. The van der Waals surface area contributed by atoms with Crippen LogP contribution in [0.15, 0.2) is 64.9 Å². The molecular formula is C21H19F3N4O2. The third-order valence-electron chi connectivity index (χ3n) is 5.01. The highest BCUT2D eigenvalue weighted by molar-refractivity contribution is 6.15. The minimum atomic E-state index is -4.78. The van der Waals surface area contributed by atoms with E-state index in [1.165, 1.54) is 4.90 Å². The molecule has 2 aliphatic rings. The van der Waals surface area contributed by atoms with Crippen molar-refractivity contribution in [2.45, 2.75) is 19.1 Å². The molecule has 0 fully saturated rings. The summed E-state index contributed by atoms with van der Waals surface area (Å²) in [7, 11) is 2.67. The van der Waals surface area contributed by atoms with Gasteiger partial charge in [-0.05, 0) is 31.2 Å². The highest BCUT2D eigenvalue weighted by atomic mass is 19.4. The lowest BCUT2D eigenvalue weighted by molar-refractivity contribution is -0.151. The largest absolute Gasteiger partial charge is 0.465 e. The maximum absolute atomic E-state index is 14.0. The zero-order chi connectivity index (χ0) is 21.6. The van der Waals surface area contributed by atoms with E-state index in [0.29, 0.717) is 17.1 Å². The predicted octanol–water partition coefficient (Wildman–Crippen LogP) is 4.05. The normalized spacial score (nSPS) is 18.1. The Kier molecular flexibility index (Phi) is 4.68. The molecule has 0 spiro atoms. The van der Waals surface area contributed by atoms with E-state index in [9.17, 15) is 18.0 Å². The lowest BCUT2D eigenvalue weighted by Gasteiger charge is -2.34. The second-order valence-electron chi connectivity index (χ2n) is 7.00. The van der Waals surface area contributed by atoms with Gasteiger partial charge in [0.25, 0.3) is 0 Å². The molecule has 9 heteroatoms. The molecule has 0 bridgehead atoms. The average Bonchev–Trinajstić information content (AvgIpc) is 3.02. The van der Waals surface area contributed by atoms with Crippen LogP contribution in [-0.2, 0) is 9.53 Å². The third-order valence-corrected chi connectivity index (χ3v) is 5.01. The second kappa shape index (κ2) is 7.08. The molecule has 1 unspecified atom stereocenters. The second-order valence-corrected chi connectivity index (χ2v) is 7.00. The number of guanidine groups is 1. The standard InChI is InChI=1S/C21H19F3N4O2/c1-12-8-10-13(11-9-12)25-20-26-17(21(22,23)24)16(19(29)30-3)18-27(2)14-6-4-5-7-15(14)28(18)20/h4-11,17H,1-3H3,(H,25,26). The van der Waals surface area contributed by atoms with Gasteiger partial charge < -0.3 is 15.0 Å². The number of methoxy groups -OCH3 is 1. The number of nitrogens with one attached hydrogen (secondary N) is 1. The summed E-state index contributed by atoms with van der Waals surface area (Å²) in [5.41, 5.74) is 2.29. The average molecular weight is 416 g/mol. The number of anilines is 3. The fourth-order valence-corrected chi connectivity index (χ4v) is 3.60. The molecule has 0 saturated heterocycles. The Hall–Kier alpha value is -3.49. The summed E-state index contributed by atoms with van der Waals surface area (Å²) in [6, 6.07) is 11.9. The molecule has 0 amide bonds. The number of para-hydroxylation sites is 2. The highest BCUT2D eigenvalue weighted by Crippen LogP contribution is 2.46. The van der Waals surface area contributed by atoms with Crippen LogP contribution in [0.1, 0.15) is 5.56 Å². The first-order valence-electron chi connectivity index (χ1n) is 9.16. The van der Waals surface area contributed by atoms with Gasteiger partial charge in [-0.15, -0.1) is 0 Å². The van der Waals surface area contributed by atoms with Crippen molar-refractivity contribution in [3.8, 4) is 0 Å². The van der Waals surface area contributed by atoms with Crippen LogP contribution in [0.5, 0.6) is 0 Å². The summed E-state index contributed by atoms with van der Waals surface area (Å²) in [6.07, 6.45) is -4.78. The molecule has 2 aromatic rings. The molecule has 0 aliphatic carbocycles. The van der Waals surface area contributed by atoms with Crippen molar-refractivity contribution in [1.29, 1.82) is 0 Å². The Bertz CT molecular complexity index is 1060. The number of fused-ring (bicyclic) bond motifs is 3. The fraction of sp³-hybridized carbons (Fsp3) is 0.238. The van der Waals surface area contributed by atoms with E-state index in [0.717, 1.165) is 12.7 Å². The van der Waals surface area contributed by atoms with E-state index < -0.39 is 23.8 Å². The molecular weight excluding hydrogens is 397 g/mol. The van der Waals surface area contributed by atoms with Crippen molar-refractivity contribution in [3.05, 3.63) is 65.5 Å². The van der Waals surface area contributed by atoms with E-state index in [2.05, 4.69) is 10.3 Å². The van der Waals surface area contributed by atoms with Gasteiger partial charge in [-0.25, -0.2) is 9.79 Å². The lowest BCUT2D eigenvalue weighted by atomic mass is 10.1. The molecule has 0 saturated carbocycles. The number of carbonyl (C=O) groups excluding carboxylic acids is 1. The molecule has 2 aliphatic heterocycles. The molecule has 1 atom stereocenters. The maximum atomic E-state index is 14.0. The number of aryl methyl sites for hydroxylation is 1. The number of ether oxygens (including phenoxy) is 1. The minimum absolute atomic E-state index is 0.0272. The monoisotopic (exact) mass is 416 g/mol. The first kappa shape index (κ1) is 19.8. The zero-order valence-electron chi connectivity index (χ0n) is 16.5. The summed E-state index contributed by atoms with van der Waals surface area (Å²) in [5, 5.41) is 2.98. The number of hydrogen-bond acceptors (Lipinski definition) is 6. The Morgan fingerprint density at radius 1 is 1.10 bits per heavy atom. The topological polar surface area (TPSA) is 57.2 Å². The first-order chi connectivity index (χ1) is 14.2. The van der Waals surface area contributed by atoms with E-state index in [4.69, 9.17) is 4.74 Å². The molecule has 0 aromatic heterocycles. The molecule has 30 heavy (non-hydrogen) atoms. The number of hydrogen-bond donors (Lipinski definition) is 1. The van der Waals surface area contributed by atoms with Gasteiger partial charge in [-0.1, -0.05) is 29.8 Å². The molecule has 4 rings (SSSR count). The number of aliphatic imine (C=N–C) groups is 1. The summed E-state index contributed by atoms with van der Waals surface area (Å²) in [4.78, 5) is 19.4. The summed E-state index contributed by atoms with van der Waals surface area (Å²) < 4.78 is 46.6. The summed E-state index contributed by atoms with van der Waals surface area (Å²) in [5.74, 6) is -1.04. The third kappa shape index (κ3) is 3.16. The van der Waals surface area contributed by atoms with E-state index in [-0.39, 0.29) is 11.8 Å². The molecule has 0 radical (unpaired) electrons. The number of nitrogens with zero attached hydrogens (tertiary/aromatic N) is 3. The van der Waals surface area contributed by atoms with Gasteiger partial charge in [-0.3, -0.25) is 4.90 Å². The smallest absolute Gasteiger partial charge is 0.415 e. The molecule has 2 heterocycles. The van der Waals surface area contributed by atoms with Crippen LogP contribution in [0, 0.1) is 6.92 Å². The van der Waals surface area contributed by atoms with Crippen molar-refractivity contribution in [3.63, 3.8) is 0 Å². The SMILES string of the molecule is COC(=O)C1=C2N(C)c3ccccc3N2C(Nc2ccc(C)cc2)=NC1C(F)(F)F. The quantitative estimate of drug-likeness (QED) is 0.749. The Morgan fingerprint density at radius 2 is 1.73 bits per heavy atom. The lowest BCUT2D eigenvalue weighted by Crippen LogP contribution is -2.48. The van der Waals surface area contributed by atoms with Crippen molar-refractivity contribution in [1.82, 2.24) is 0 Å². The first-order valence-corrected chi connectivity index (χ1v) is 9.16. The summed E-state index contributed by atoms with van der Waals surface area (Å²) >= 11 is 0. The Labute approximate surface area is 171 Å². The Balaban J connectivity index is 1.91. The minimum Gasteiger partial charge on any atom is -0.465 e. The van der Waals surface area contributed by atoms with Crippen molar-refractivity contribution in [2.24, 2.45) is 4.99 Å².